The molecule has 1 N–H and O–H groups in total. The molecule has 1 atom stereocenters. The normalized spacial score (nSPS) is 16.7. The highest BCUT2D eigenvalue weighted by Crippen LogP contribution is 2.26. The van der Waals surface area contributed by atoms with Crippen molar-refractivity contribution < 1.29 is 14.4 Å². The third kappa shape index (κ3) is 3.02. The molecule has 2 aromatic heterocycles. The fourth-order valence-corrected chi connectivity index (χ4v) is 3.20. The number of hydrogen-bond donors (Lipinski definition) is 1. The van der Waals surface area contributed by atoms with Crippen molar-refractivity contribution in [1.29, 1.82) is 0 Å². The molecule has 0 amide bonds. The summed E-state index contributed by atoms with van der Waals surface area (Å²) in [5.74, 6) is 1.80. The molecule has 7 nitrogen and oxygen atoms in total. The number of aliphatic hydroxyl groups excluding tert-OH is 1. The Bertz CT molecular complexity index is 900. The van der Waals surface area contributed by atoms with Gasteiger partial charge in [0.1, 0.15) is 12.3 Å². The first-order chi connectivity index (χ1) is 12.1. The Morgan fingerprint density at radius 3 is 3.12 bits per heavy atom. The molecule has 7 heteroatoms. The van der Waals surface area contributed by atoms with E-state index in [0.717, 1.165) is 35.4 Å². The van der Waals surface area contributed by atoms with Gasteiger partial charge in [0.2, 0.25) is 11.7 Å². The van der Waals surface area contributed by atoms with Gasteiger partial charge in [0.25, 0.3) is 0 Å². The molecule has 1 aliphatic carbocycles. The molecule has 3 aromatic rings. The molecule has 0 bridgehead atoms. The molecule has 1 aromatic carbocycles. The van der Waals surface area contributed by atoms with E-state index in [1.165, 1.54) is 5.56 Å². The van der Waals surface area contributed by atoms with Gasteiger partial charge in [0.05, 0.1) is 19.4 Å². The maximum atomic E-state index is 9.89. The molecule has 0 fully saturated rings. The van der Waals surface area contributed by atoms with Crippen LogP contribution in [0.5, 0.6) is 5.75 Å². The molecule has 2 heterocycles. The SMILES string of the molecule is COc1cc(-c2noc(Cn3ncc4c3CC(O)CC4)n2)ccc1C. The minimum Gasteiger partial charge on any atom is -0.496 e. The van der Waals surface area contributed by atoms with Gasteiger partial charge < -0.3 is 14.4 Å². The van der Waals surface area contributed by atoms with Crippen molar-refractivity contribution in [2.24, 2.45) is 0 Å². The van der Waals surface area contributed by atoms with Crippen LogP contribution < -0.4 is 4.74 Å². The number of ether oxygens (including phenoxy) is 1. The van der Waals surface area contributed by atoms with Crippen molar-refractivity contribution in [3.8, 4) is 17.1 Å². The molecule has 0 aliphatic heterocycles. The van der Waals surface area contributed by atoms with Gasteiger partial charge in [0, 0.05) is 17.7 Å². The third-order valence-electron chi connectivity index (χ3n) is 4.63. The lowest BCUT2D eigenvalue weighted by atomic mass is 9.96. The Kier molecular flexibility index (Phi) is 4.01. The quantitative estimate of drug-likeness (QED) is 0.783. The lowest BCUT2D eigenvalue weighted by Gasteiger charge is -2.18. The fourth-order valence-electron chi connectivity index (χ4n) is 3.20. The number of methoxy groups -OCH3 is 1. The number of rotatable bonds is 4. The van der Waals surface area contributed by atoms with Crippen LogP contribution in [-0.2, 0) is 19.4 Å². The lowest BCUT2D eigenvalue weighted by Crippen LogP contribution is -2.21. The number of nitrogens with zero attached hydrogens (tertiary/aromatic N) is 4. The van der Waals surface area contributed by atoms with Gasteiger partial charge in [-0.1, -0.05) is 17.3 Å². The lowest BCUT2D eigenvalue weighted by molar-refractivity contribution is 0.155. The number of aliphatic hydroxyl groups is 1. The average molecular weight is 340 g/mol. The van der Waals surface area contributed by atoms with Crippen LogP contribution in [0.2, 0.25) is 0 Å². The monoisotopic (exact) mass is 340 g/mol. The predicted molar refractivity (Wildman–Crippen MR) is 90.4 cm³/mol. The van der Waals surface area contributed by atoms with E-state index in [2.05, 4.69) is 15.2 Å². The molecule has 0 saturated carbocycles. The van der Waals surface area contributed by atoms with Crippen LogP contribution in [0.4, 0.5) is 0 Å². The summed E-state index contributed by atoms with van der Waals surface area (Å²) in [5.41, 5.74) is 4.14. The van der Waals surface area contributed by atoms with Crippen molar-refractivity contribution in [3.05, 3.63) is 47.1 Å². The Hall–Kier alpha value is -2.67. The van der Waals surface area contributed by atoms with Crippen LogP contribution >= 0.6 is 0 Å². The maximum Gasteiger partial charge on any atom is 0.248 e. The van der Waals surface area contributed by atoms with Gasteiger partial charge in [0.15, 0.2) is 0 Å². The van der Waals surface area contributed by atoms with Gasteiger partial charge in [-0.05, 0) is 37.0 Å². The highest BCUT2D eigenvalue weighted by molar-refractivity contribution is 5.58. The minimum atomic E-state index is -0.304. The van der Waals surface area contributed by atoms with Gasteiger partial charge >= 0.3 is 0 Å². The molecule has 130 valence electrons. The first-order valence-electron chi connectivity index (χ1n) is 8.33. The van der Waals surface area contributed by atoms with E-state index in [4.69, 9.17) is 9.26 Å². The van der Waals surface area contributed by atoms with Crippen molar-refractivity contribution in [3.63, 3.8) is 0 Å². The molecule has 1 aliphatic rings. The Balaban J connectivity index is 1.57. The van der Waals surface area contributed by atoms with Crippen LogP contribution in [0.3, 0.4) is 0 Å². The number of aryl methyl sites for hydroxylation is 2. The largest absolute Gasteiger partial charge is 0.496 e. The summed E-state index contributed by atoms with van der Waals surface area (Å²) in [6.07, 6.45) is 3.82. The fraction of sp³-hybridized carbons (Fsp3) is 0.389. The molecule has 0 spiro atoms. The van der Waals surface area contributed by atoms with Crippen molar-refractivity contribution in [2.75, 3.05) is 7.11 Å². The standard InChI is InChI=1S/C18H20N4O3/c1-11-3-4-12(7-16(11)24-2)18-20-17(25-21-18)10-22-15-8-14(23)6-5-13(15)9-19-22/h3-4,7,9,14,23H,5-6,8,10H2,1-2H3. The second-order valence-corrected chi connectivity index (χ2v) is 6.37. The molecule has 4 rings (SSSR count). The molecule has 0 radical (unpaired) electrons. The highest BCUT2D eigenvalue weighted by atomic mass is 16.5. The Labute approximate surface area is 145 Å². The first kappa shape index (κ1) is 15.8. The summed E-state index contributed by atoms with van der Waals surface area (Å²) < 4.78 is 12.6. The maximum absolute atomic E-state index is 9.89. The zero-order valence-electron chi connectivity index (χ0n) is 14.3. The second-order valence-electron chi connectivity index (χ2n) is 6.37. The van der Waals surface area contributed by atoms with Crippen LogP contribution in [0.25, 0.3) is 11.4 Å². The van der Waals surface area contributed by atoms with E-state index < -0.39 is 0 Å². The Morgan fingerprint density at radius 2 is 2.28 bits per heavy atom. The van der Waals surface area contributed by atoms with E-state index in [0.29, 0.717) is 24.7 Å². The third-order valence-corrected chi connectivity index (χ3v) is 4.63. The molecule has 0 saturated heterocycles. The first-order valence-corrected chi connectivity index (χ1v) is 8.33. The molecular formula is C18H20N4O3. The van der Waals surface area contributed by atoms with Crippen LogP contribution in [-0.4, -0.2) is 38.2 Å². The average Bonchev–Trinajstić information content (AvgIpc) is 3.23. The van der Waals surface area contributed by atoms with E-state index in [-0.39, 0.29) is 6.10 Å². The summed E-state index contributed by atoms with van der Waals surface area (Å²) in [5, 5.41) is 18.4. The van der Waals surface area contributed by atoms with Crippen LogP contribution in [0.1, 0.15) is 29.1 Å². The van der Waals surface area contributed by atoms with Gasteiger partial charge in [-0.25, -0.2) is 0 Å². The van der Waals surface area contributed by atoms with Gasteiger partial charge in [-0.3, -0.25) is 4.68 Å². The summed E-state index contributed by atoms with van der Waals surface area (Å²) in [4.78, 5) is 4.47. The summed E-state index contributed by atoms with van der Waals surface area (Å²) in [7, 11) is 1.64. The number of hydrogen-bond acceptors (Lipinski definition) is 6. The van der Waals surface area contributed by atoms with Gasteiger partial charge in [-0.15, -0.1) is 0 Å². The van der Waals surface area contributed by atoms with Crippen molar-refractivity contribution >= 4 is 0 Å². The Morgan fingerprint density at radius 1 is 1.40 bits per heavy atom. The van der Waals surface area contributed by atoms with Crippen molar-refractivity contribution in [1.82, 2.24) is 19.9 Å². The number of aromatic nitrogens is 4. The number of benzene rings is 1. The van der Waals surface area contributed by atoms with E-state index in [1.807, 2.05) is 36.0 Å². The summed E-state index contributed by atoms with van der Waals surface area (Å²) >= 11 is 0. The van der Waals surface area contributed by atoms with E-state index in [9.17, 15) is 5.11 Å². The number of fused-ring (bicyclic) bond motifs is 1. The van der Waals surface area contributed by atoms with Crippen LogP contribution in [0.15, 0.2) is 28.9 Å². The summed E-state index contributed by atoms with van der Waals surface area (Å²) in [6.45, 7) is 2.39. The van der Waals surface area contributed by atoms with Crippen LogP contribution in [0, 0.1) is 6.92 Å². The molecule has 25 heavy (non-hydrogen) atoms. The molecular weight excluding hydrogens is 320 g/mol. The van der Waals surface area contributed by atoms with Crippen molar-refractivity contribution in [2.45, 2.75) is 38.8 Å². The van der Waals surface area contributed by atoms with E-state index in [1.54, 1.807) is 7.11 Å². The zero-order chi connectivity index (χ0) is 17.4. The zero-order valence-corrected chi connectivity index (χ0v) is 14.3. The highest BCUT2D eigenvalue weighted by Gasteiger charge is 2.22. The molecule has 1 unspecified atom stereocenters. The topological polar surface area (TPSA) is 86.2 Å². The smallest absolute Gasteiger partial charge is 0.248 e. The van der Waals surface area contributed by atoms with E-state index >= 15 is 0 Å². The second kappa shape index (κ2) is 6.33. The van der Waals surface area contributed by atoms with Gasteiger partial charge in [-0.2, -0.15) is 10.1 Å². The predicted octanol–water partition coefficient (Wildman–Crippen LogP) is 2.15. The minimum absolute atomic E-state index is 0.304. The summed E-state index contributed by atoms with van der Waals surface area (Å²) in [6, 6.07) is 5.81.